The van der Waals surface area contributed by atoms with Crippen molar-refractivity contribution < 1.29 is 4.79 Å². The summed E-state index contributed by atoms with van der Waals surface area (Å²) in [6, 6.07) is 20.4. The van der Waals surface area contributed by atoms with Crippen molar-refractivity contribution in [3.63, 3.8) is 0 Å². The molecule has 2 heterocycles. The summed E-state index contributed by atoms with van der Waals surface area (Å²) in [6.07, 6.45) is 0.967. The van der Waals surface area contributed by atoms with Crippen LogP contribution in [0, 0.1) is 13.8 Å². The zero-order valence-electron chi connectivity index (χ0n) is 19.1. The van der Waals surface area contributed by atoms with Crippen LogP contribution in [0.25, 0.3) is 5.69 Å². The van der Waals surface area contributed by atoms with Crippen LogP contribution in [-0.2, 0) is 6.54 Å². The molecule has 4 rings (SSSR count). The summed E-state index contributed by atoms with van der Waals surface area (Å²) in [5, 5.41) is 7.55. The van der Waals surface area contributed by atoms with Gasteiger partial charge in [0, 0.05) is 50.5 Å². The van der Waals surface area contributed by atoms with E-state index in [1.807, 2.05) is 48.9 Å². The highest BCUT2D eigenvalue weighted by Crippen LogP contribution is 2.13. The van der Waals surface area contributed by atoms with Gasteiger partial charge in [0.15, 0.2) is 0 Å². The molecule has 6 nitrogen and oxygen atoms in total. The third-order valence-corrected chi connectivity index (χ3v) is 6.03. The van der Waals surface area contributed by atoms with Gasteiger partial charge in [0.1, 0.15) is 0 Å². The summed E-state index contributed by atoms with van der Waals surface area (Å²) >= 11 is 0. The first-order chi connectivity index (χ1) is 15.6. The van der Waals surface area contributed by atoms with E-state index >= 15 is 0 Å². The summed E-state index contributed by atoms with van der Waals surface area (Å²) in [5.74, 6) is -0.0161. The lowest BCUT2D eigenvalue weighted by Gasteiger charge is -2.34. The highest BCUT2D eigenvalue weighted by Gasteiger charge is 2.16. The van der Waals surface area contributed by atoms with Crippen LogP contribution in [0.5, 0.6) is 0 Å². The number of nitrogens with zero attached hydrogens (tertiary/aromatic N) is 4. The Morgan fingerprint density at radius 1 is 0.938 bits per heavy atom. The molecule has 0 radical (unpaired) electrons. The standard InChI is InChI=1S/C26H33N5O/c1-21-19-22(2)31(28-21)25-11-9-24(10-12-25)26(32)27-13-6-14-29-15-17-30(18-16-29)20-23-7-4-3-5-8-23/h3-5,7-12,19H,6,13-18,20H2,1-2H3,(H,27,32). The van der Waals surface area contributed by atoms with Crippen molar-refractivity contribution in [2.24, 2.45) is 0 Å². The minimum absolute atomic E-state index is 0.0161. The quantitative estimate of drug-likeness (QED) is 0.555. The second kappa shape index (κ2) is 10.6. The van der Waals surface area contributed by atoms with Crippen LogP contribution in [0.1, 0.15) is 33.7 Å². The molecule has 0 unspecified atom stereocenters. The third kappa shape index (κ3) is 5.84. The fraction of sp³-hybridized carbons (Fsp3) is 0.385. The van der Waals surface area contributed by atoms with Gasteiger partial charge >= 0.3 is 0 Å². The summed E-state index contributed by atoms with van der Waals surface area (Å²) < 4.78 is 1.90. The van der Waals surface area contributed by atoms with Crippen molar-refractivity contribution in [1.29, 1.82) is 0 Å². The average Bonchev–Trinajstić information content (AvgIpc) is 3.16. The molecule has 1 saturated heterocycles. The molecule has 32 heavy (non-hydrogen) atoms. The highest BCUT2D eigenvalue weighted by molar-refractivity contribution is 5.94. The van der Waals surface area contributed by atoms with Crippen LogP contribution in [0.15, 0.2) is 60.7 Å². The van der Waals surface area contributed by atoms with Crippen molar-refractivity contribution >= 4 is 5.91 Å². The maximum atomic E-state index is 12.5. The summed E-state index contributed by atoms with van der Waals surface area (Å²) in [4.78, 5) is 17.5. The van der Waals surface area contributed by atoms with E-state index < -0.39 is 0 Å². The normalized spacial score (nSPS) is 15.1. The van der Waals surface area contributed by atoms with E-state index in [0.29, 0.717) is 12.1 Å². The van der Waals surface area contributed by atoms with Gasteiger partial charge in [-0.05, 0) is 62.7 Å². The van der Waals surface area contributed by atoms with E-state index in [2.05, 4.69) is 50.5 Å². The zero-order chi connectivity index (χ0) is 22.3. The molecule has 1 amide bonds. The van der Waals surface area contributed by atoms with Gasteiger partial charge in [-0.1, -0.05) is 30.3 Å². The first kappa shape index (κ1) is 22.2. The Balaban J connectivity index is 1.15. The van der Waals surface area contributed by atoms with E-state index in [1.165, 1.54) is 5.56 Å². The molecular weight excluding hydrogens is 398 g/mol. The van der Waals surface area contributed by atoms with Gasteiger partial charge in [0.2, 0.25) is 0 Å². The Labute approximate surface area is 190 Å². The molecule has 168 valence electrons. The largest absolute Gasteiger partial charge is 0.352 e. The number of aryl methyl sites for hydroxylation is 2. The summed E-state index contributed by atoms with van der Waals surface area (Å²) in [6.45, 7) is 11.1. The monoisotopic (exact) mass is 431 g/mol. The lowest BCUT2D eigenvalue weighted by Crippen LogP contribution is -2.46. The molecule has 0 atom stereocenters. The first-order valence-electron chi connectivity index (χ1n) is 11.5. The molecule has 1 fully saturated rings. The molecule has 1 aliphatic rings. The Hall–Kier alpha value is -2.96. The van der Waals surface area contributed by atoms with Crippen LogP contribution in [0.2, 0.25) is 0 Å². The van der Waals surface area contributed by atoms with Crippen LogP contribution < -0.4 is 5.32 Å². The molecule has 0 saturated carbocycles. The highest BCUT2D eigenvalue weighted by atomic mass is 16.1. The van der Waals surface area contributed by atoms with Crippen molar-refractivity contribution in [3.8, 4) is 5.69 Å². The molecule has 0 spiro atoms. The summed E-state index contributed by atoms with van der Waals surface area (Å²) in [5.41, 5.74) is 5.11. The van der Waals surface area contributed by atoms with Crippen molar-refractivity contribution in [3.05, 3.63) is 83.2 Å². The zero-order valence-corrected chi connectivity index (χ0v) is 19.1. The molecule has 6 heteroatoms. The Bertz CT molecular complexity index is 1000. The molecule has 0 bridgehead atoms. The second-order valence-corrected chi connectivity index (χ2v) is 8.60. The topological polar surface area (TPSA) is 53.4 Å². The van der Waals surface area contributed by atoms with Gasteiger partial charge in [0.25, 0.3) is 5.91 Å². The number of carbonyl (C=O) groups is 1. The molecule has 1 aromatic heterocycles. The first-order valence-corrected chi connectivity index (χ1v) is 11.5. The van der Waals surface area contributed by atoms with Crippen LogP contribution >= 0.6 is 0 Å². The van der Waals surface area contributed by atoms with Crippen molar-refractivity contribution in [2.45, 2.75) is 26.8 Å². The lowest BCUT2D eigenvalue weighted by molar-refractivity contribution is 0.0947. The van der Waals surface area contributed by atoms with Crippen molar-refractivity contribution in [1.82, 2.24) is 24.9 Å². The Kier molecular flexibility index (Phi) is 7.35. The summed E-state index contributed by atoms with van der Waals surface area (Å²) in [7, 11) is 0. The van der Waals surface area contributed by atoms with Gasteiger partial charge in [-0.2, -0.15) is 5.10 Å². The van der Waals surface area contributed by atoms with E-state index in [9.17, 15) is 4.79 Å². The number of benzene rings is 2. The molecule has 2 aromatic carbocycles. The number of hydrogen-bond donors (Lipinski definition) is 1. The van der Waals surface area contributed by atoms with Crippen molar-refractivity contribution in [2.75, 3.05) is 39.3 Å². The Morgan fingerprint density at radius 3 is 2.28 bits per heavy atom. The van der Waals surface area contributed by atoms with Gasteiger partial charge in [-0.3, -0.25) is 9.69 Å². The van der Waals surface area contributed by atoms with Crippen LogP contribution in [0.3, 0.4) is 0 Å². The van der Waals surface area contributed by atoms with Crippen LogP contribution in [0.4, 0.5) is 0 Å². The fourth-order valence-corrected chi connectivity index (χ4v) is 4.26. The smallest absolute Gasteiger partial charge is 0.251 e. The molecule has 0 aliphatic carbocycles. The van der Waals surface area contributed by atoms with Gasteiger partial charge in [-0.25, -0.2) is 4.68 Å². The number of nitrogens with one attached hydrogen (secondary N) is 1. The Morgan fingerprint density at radius 2 is 1.62 bits per heavy atom. The number of hydrogen-bond acceptors (Lipinski definition) is 4. The predicted octanol–water partition coefficient (Wildman–Crippen LogP) is 3.43. The lowest BCUT2D eigenvalue weighted by atomic mass is 10.2. The molecule has 1 N–H and O–H groups in total. The number of piperazine rings is 1. The fourth-order valence-electron chi connectivity index (χ4n) is 4.26. The third-order valence-electron chi connectivity index (χ3n) is 6.03. The average molecular weight is 432 g/mol. The molecule has 1 aliphatic heterocycles. The minimum atomic E-state index is -0.0161. The molecular formula is C26H33N5O. The predicted molar refractivity (Wildman–Crippen MR) is 128 cm³/mol. The maximum absolute atomic E-state index is 12.5. The van der Waals surface area contributed by atoms with Gasteiger partial charge < -0.3 is 10.2 Å². The maximum Gasteiger partial charge on any atom is 0.251 e. The number of amides is 1. The van der Waals surface area contributed by atoms with E-state index in [1.54, 1.807) is 0 Å². The number of carbonyl (C=O) groups excluding carboxylic acids is 1. The number of aromatic nitrogens is 2. The minimum Gasteiger partial charge on any atom is -0.352 e. The molecule has 3 aromatic rings. The van der Waals surface area contributed by atoms with E-state index in [-0.39, 0.29) is 5.91 Å². The van der Waals surface area contributed by atoms with Crippen LogP contribution in [-0.4, -0.2) is 64.8 Å². The van der Waals surface area contributed by atoms with E-state index in [4.69, 9.17) is 0 Å². The number of rotatable bonds is 8. The van der Waals surface area contributed by atoms with Gasteiger partial charge in [-0.15, -0.1) is 0 Å². The van der Waals surface area contributed by atoms with E-state index in [0.717, 1.165) is 62.8 Å². The van der Waals surface area contributed by atoms with Gasteiger partial charge in [0.05, 0.1) is 11.4 Å². The second-order valence-electron chi connectivity index (χ2n) is 8.60. The SMILES string of the molecule is Cc1cc(C)n(-c2ccc(C(=O)NCCCN3CCN(Cc4ccccc4)CC3)cc2)n1.